The molecular formula is C17H12ClN3O3S. The first-order valence-electron chi connectivity index (χ1n) is 7.11. The lowest BCUT2D eigenvalue weighted by Gasteiger charge is -2.02. The Balaban J connectivity index is 1.73. The van der Waals surface area contributed by atoms with Gasteiger partial charge in [0.25, 0.3) is 0 Å². The number of halogens is 1. The monoisotopic (exact) mass is 373 g/mol. The first-order chi connectivity index (χ1) is 12.0. The lowest BCUT2D eigenvalue weighted by atomic mass is 10.2. The van der Waals surface area contributed by atoms with Gasteiger partial charge in [-0.15, -0.1) is 0 Å². The van der Waals surface area contributed by atoms with E-state index in [9.17, 15) is 9.90 Å². The van der Waals surface area contributed by atoms with E-state index >= 15 is 0 Å². The van der Waals surface area contributed by atoms with E-state index in [1.54, 1.807) is 36.4 Å². The fourth-order valence-corrected chi connectivity index (χ4v) is 2.82. The van der Waals surface area contributed by atoms with Crippen molar-refractivity contribution in [2.75, 3.05) is 5.32 Å². The highest BCUT2D eigenvalue weighted by atomic mass is 35.5. The number of hydrogen-bond donors (Lipinski definition) is 3. The molecule has 0 fully saturated rings. The maximum absolute atomic E-state index is 10.8. The van der Waals surface area contributed by atoms with Crippen LogP contribution < -0.4 is 5.32 Å². The number of nitrogens with one attached hydrogen (secondary N) is 1. The molecule has 0 amide bonds. The van der Waals surface area contributed by atoms with Crippen LogP contribution in [0.4, 0.5) is 16.5 Å². The highest BCUT2D eigenvalue weighted by Crippen LogP contribution is 2.29. The smallest absolute Gasteiger partial charge is 0.335 e. The number of aliphatic imine (C=N–C) groups is 1. The highest BCUT2D eigenvalue weighted by Gasteiger charge is 2.09. The van der Waals surface area contributed by atoms with Crippen LogP contribution in [0.1, 0.15) is 15.2 Å². The molecule has 126 valence electrons. The van der Waals surface area contributed by atoms with Gasteiger partial charge in [0, 0.05) is 10.7 Å². The predicted molar refractivity (Wildman–Crippen MR) is 99.2 cm³/mol. The second-order valence-corrected chi connectivity index (χ2v) is 6.42. The van der Waals surface area contributed by atoms with E-state index in [-0.39, 0.29) is 11.4 Å². The van der Waals surface area contributed by atoms with Gasteiger partial charge in [-0.3, -0.25) is 4.99 Å². The molecule has 1 heterocycles. The molecule has 3 aromatic rings. The molecule has 0 radical (unpaired) electrons. The van der Waals surface area contributed by atoms with Crippen molar-refractivity contribution in [1.29, 1.82) is 0 Å². The third kappa shape index (κ3) is 4.34. The highest BCUT2D eigenvalue weighted by molar-refractivity contribution is 7.17. The molecule has 0 aliphatic rings. The number of benzene rings is 2. The van der Waals surface area contributed by atoms with Crippen molar-refractivity contribution in [2.24, 2.45) is 4.99 Å². The zero-order valence-electron chi connectivity index (χ0n) is 12.7. The van der Waals surface area contributed by atoms with Gasteiger partial charge in [0.1, 0.15) is 4.88 Å². The van der Waals surface area contributed by atoms with Gasteiger partial charge in [-0.25, -0.2) is 4.79 Å². The van der Waals surface area contributed by atoms with Crippen molar-refractivity contribution in [1.82, 2.24) is 4.98 Å². The second-order valence-electron chi connectivity index (χ2n) is 4.95. The molecule has 0 saturated carbocycles. The van der Waals surface area contributed by atoms with E-state index in [0.29, 0.717) is 26.4 Å². The van der Waals surface area contributed by atoms with Crippen LogP contribution in [0.5, 0.6) is 5.88 Å². The third-order valence-electron chi connectivity index (χ3n) is 3.18. The number of aromatic nitrogens is 1. The van der Waals surface area contributed by atoms with Crippen LogP contribution in [-0.2, 0) is 0 Å². The molecular weight excluding hydrogens is 362 g/mol. The van der Waals surface area contributed by atoms with E-state index in [0.717, 1.165) is 0 Å². The van der Waals surface area contributed by atoms with Gasteiger partial charge in [0.15, 0.2) is 5.13 Å². The molecule has 6 nitrogen and oxygen atoms in total. The maximum Gasteiger partial charge on any atom is 0.335 e. The fraction of sp³-hybridized carbons (Fsp3) is 0. The Morgan fingerprint density at radius 2 is 1.84 bits per heavy atom. The molecule has 0 spiro atoms. The number of carboxylic acids is 1. The van der Waals surface area contributed by atoms with E-state index in [1.807, 2.05) is 0 Å². The van der Waals surface area contributed by atoms with Crippen LogP contribution in [-0.4, -0.2) is 27.4 Å². The van der Waals surface area contributed by atoms with Gasteiger partial charge >= 0.3 is 5.97 Å². The molecule has 0 atom stereocenters. The Kier molecular flexibility index (Phi) is 4.97. The minimum Gasteiger partial charge on any atom is -0.492 e. The summed E-state index contributed by atoms with van der Waals surface area (Å²) in [4.78, 5) is 19.6. The van der Waals surface area contributed by atoms with Crippen LogP contribution in [0, 0.1) is 0 Å². The van der Waals surface area contributed by atoms with Crippen LogP contribution >= 0.6 is 22.9 Å². The Labute approximate surface area is 152 Å². The normalized spacial score (nSPS) is 10.9. The van der Waals surface area contributed by atoms with Crippen LogP contribution in [0.3, 0.4) is 0 Å². The molecule has 3 rings (SSSR count). The molecule has 8 heteroatoms. The summed E-state index contributed by atoms with van der Waals surface area (Å²) in [6, 6.07) is 13.2. The first kappa shape index (κ1) is 16.9. The molecule has 1 aromatic heterocycles. The Morgan fingerprint density at radius 1 is 1.16 bits per heavy atom. The number of thiazole rings is 1. The average Bonchev–Trinajstić information content (AvgIpc) is 2.94. The third-order valence-corrected chi connectivity index (χ3v) is 4.32. The number of rotatable bonds is 5. The number of carboxylic acid groups (broad SMARTS) is 1. The van der Waals surface area contributed by atoms with E-state index < -0.39 is 5.97 Å². The summed E-state index contributed by atoms with van der Waals surface area (Å²) < 4.78 is 0. The molecule has 2 aromatic carbocycles. The molecule has 0 unspecified atom stereocenters. The first-order valence-corrected chi connectivity index (χ1v) is 8.30. The molecule has 0 saturated heterocycles. The zero-order valence-corrected chi connectivity index (χ0v) is 14.3. The van der Waals surface area contributed by atoms with Crippen LogP contribution in [0.15, 0.2) is 53.5 Å². The molecule has 3 N–H and O–H groups in total. The van der Waals surface area contributed by atoms with Gasteiger partial charge < -0.3 is 15.5 Å². The Morgan fingerprint density at radius 3 is 2.48 bits per heavy atom. The van der Waals surface area contributed by atoms with E-state index in [4.69, 9.17) is 16.7 Å². The quantitative estimate of drug-likeness (QED) is 0.564. The Hall–Kier alpha value is -2.90. The minimum absolute atomic E-state index is 0.132. The number of hydrogen-bond acceptors (Lipinski definition) is 6. The SMILES string of the molecule is O=C(O)c1ccc(Nc2nc(O)c(C=Nc3ccc(Cl)cc3)s2)cc1. The summed E-state index contributed by atoms with van der Waals surface area (Å²) in [5.41, 5.74) is 1.57. The van der Waals surface area contributed by atoms with Crippen LogP contribution in [0.25, 0.3) is 0 Å². The van der Waals surface area contributed by atoms with E-state index in [1.165, 1.54) is 29.7 Å². The summed E-state index contributed by atoms with van der Waals surface area (Å²) in [6.07, 6.45) is 1.52. The van der Waals surface area contributed by atoms with Crippen molar-refractivity contribution in [3.8, 4) is 5.88 Å². The topological polar surface area (TPSA) is 94.8 Å². The Bertz CT molecular complexity index is 921. The van der Waals surface area contributed by atoms with Gasteiger partial charge in [-0.1, -0.05) is 22.9 Å². The van der Waals surface area contributed by atoms with Crippen LogP contribution in [0.2, 0.25) is 5.02 Å². The molecule has 25 heavy (non-hydrogen) atoms. The summed E-state index contributed by atoms with van der Waals surface area (Å²) in [5.74, 6) is -1.12. The standard InChI is InChI=1S/C17H12ClN3O3S/c18-11-3-7-12(8-4-11)19-9-14-15(22)21-17(25-14)20-13-5-1-10(2-6-13)16(23)24/h1-9,22H,(H,20,21)(H,23,24). The summed E-state index contributed by atoms with van der Waals surface area (Å²) >= 11 is 7.04. The van der Waals surface area contributed by atoms with Crippen molar-refractivity contribution in [3.63, 3.8) is 0 Å². The van der Waals surface area contributed by atoms with E-state index in [2.05, 4.69) is 15.3 Å². The number of nitrogens with zero attached hydrogens (tertiary/aromatic N) is 2. The van der Waals surface area contributed by atoms with Crippen molar-refractivity contribution in [2.45, 2.75) is 0 Å². The number of anilines is 2. The summed E-state index contributed by atoms with van der Waals surface area (Å²) in [7, 11) is 0. The molecule has 0 aliphatic carbocycles. The molecule has 0 aliphatic heterocycles. The fourth-order valence-electron chi connectivity index (χ4n) is 1.94. The van der Waals surface area contributed by atoms with Crippen molar-refractivity contribution in [3.05, 3.63) is 64.0 Å². The van der Waals surface area contributed by atoms with Gasteiger partial charge in [0.2, 0.25) is 5.88 Å². The summed E-state index contributed by atoms with van der Waals surface area (Å²) in [5, 5.41) is 22.9. The second kappa shape index (κ2) is 7.33. The number of aromatic carboxylic acids is 1. The summed E-state index contributed by atoms with van der Waals surface area (Å²) in [6.45, 7) is 0. The largest absolute Gasteiger partial charge is 0.492 e. The zero-order chi connectivity index (χ0) is 17.8. The lowest BCUT2D eigenvalue weighted by molar-refractivity contribution is 0.0697. The average molecular weight is 374 g/mol. The maximum atomic E-state index is 10.8. The van der Waals surface area contributed by atoms with Crippen molar-refractivity contribution < 1.29 is 15.0 Å². The number of aromatic hydroxyl groups is 1. The number of carbonyl (C=O) groups is 1. The van der Waals surface area contributed by atoms with Gasteiger partial charge in [-0.05, 0) is 48.5 Å². The lowest BCUT2D eigenvalue weighted by Crippen LogP contribution is -1.96. The molecule has 0 bridgehead atoms. The predicted octanol–water partition coefficient (Wildman–Crippen LogP) is 4.69. The van der Waals surface area contributed by atoms with Crippen molar-refractivity contribution >= 4 is 51.6 Å². The van der Waals surface area contributed by atoms with Gasteiger partial charge in [-0.2, -0.15) is 4.98 Å². The minimum atomic E-state index is -0.987. The van der Waals surface area contributed by atoms with Gasteiger partial charge in [0.05, 0.1) is 17.5 Å².